The number of anilines is 1. The summed E-state index contributed by atoms with van der Waals surface area (Å²) in [6.07, 6.45) is 9.76. The van der Waals surface area contributed by atoms with E-state index < -0.39 is 0 Å². The van der Waals surface area contributed by atoms with Gasteiger partial charge in [-0.05, 0) is 55.4 Å². The lowest BCUT2D eigenvalue weighted by Crippen LogP contribution is -2.39. The van der Waals surface area contributed by atoms with Crippen LogP contribution in [-0.4, -0.2) is 18.5 Å². The van der Waals surface area contributed by atoms with Crippen molar-refractivity contribution in [3.8, 4) is 0 Å². The van der Waals surface area contributed by atoms with Gasteiger partial charge < -0.3 is 10.6 Å². The normalized spacial score (nSPS) is 18.6. The maximum absolute atomic E-state index is 11.9. The molecule has 1 saturated carbocycles. The van der Waals surface area contributed by atoms with E-state index in [1.54, 1.807) is 0 Å². The Hall–Kier alpha value is -1.51. The summed E-state index contributed by atoms with van der Waals surface area (Å²) in [5.74, 6) is 0.123. The van der Waals surface area contributed by atoms with Gasteiger partial charge in [-0.15, -0.1) is 0 Å². The summed E-state index contributed by atoms with van der Waals surface area (Å²) in [5.41, 5.74) is 3.99. The van der Waals surface area contributed by atoms with Crippen molar-refractivity contribution in [3.05, 3.63) is 29.3 Å². The van der Waals surface area contributed by atoms with Crippen molar-refractivity contribution in [1.29, 1.82) is 0 Å². The van der Waals surface area contributed by atoms with Gasteiger partial charge >= 0.3 is 0 Å². The quantitative estimate of drug-likeness (QED) is 0.884. The molecule has 3 nitrogen and oxygen atoms in total. The third-order valence-corrected chi connectivity index (χ3v) is 4.52. The van der Waals surface area contributed by atoms with Gasteiger partial charge in [-0.2, -0.15) is 0 Å². The molecule has 0 radical (unpaired) electrons. The molecule has 0 aliphatic heterocycles. The zero-order valence-corrected chi connectivity index (χ0v) is 12.1. The molecule has 1 aromatic carbocycles. The Morgan fingerprint density at radius 3 is 2.70 bits per heavy atom. The van der Waals surface area contributed by atoms with Crippen molar-refractivity contribution in [2.24, 2.45) is 0 Å². The van der Waals surface area contributed by atoms with Gasteiger partial charge in [0.1, 0.15) is 0 Å². The van der Waals surface area contributed by atoms with Gasteiger partial charge in [-0.1, -0.05) is 25.3 Å². The first-order valence-electron chi connectivity index (χ1n) is 7.96. The zero-order valence-electron chi connectivity index (χ0n) is 12.1. The molecule has 0 unspecified atom stereocenters. The van der Waals surface area contributed by atoms with E-state index in [0.717, 1.165) is 18.5 Å². The summed E-state index contributed by atoms with van der Waals surface area (Å²) in [5, 5.41) is 6.39. The Morgan fingerprint density at radius 2 is 1.85 bits per heavy atom. The van der Waals surface area contributed by atoms with E-state index in [1.807, 2.05) is 0 Å². The fraction of sp³-hybridized carbons (Fsp3) is 0.588. The summed E-state index contributed by atoms with van der Waals surface area (Å²) in [4.78, 5) is 11.9. The van der Waals surface area contributed by atoms with Crippen LogP contribution in [0.15, 0.2) is 18.2 Å². The fourth-order valence-corrected chi connectivity index (χ4v) is 3.39. The molecular weight excluding hydrogens is 248 g/mol. The van der Waals surface area contributed by atoms with E-state index >= 15 is 0 Å². The summed E-state index contributed by atoms with van der Waals surface area (Å²) in [6.45, 7) is 0.384. The second kappa shape index (κ2) is 6.29. The van der Waals surface area contributed by atoms with Crippen LogP contribution in [0.5, 0.6) is 0 Å². The average Bonchev–Trinajstić information content (AvgIpc) is 2.93. The van der Waals surface area contributed by atoms with E-state index in [-0.39, 0.29) is 5.91 Å². The van der Waals surface area contributed by atoms with Crippen molar-refractivity contribution < 1.29 is 4.79 Å². The molecule has 1 amide bonds. The molecule has 1 fully saturated rings. The number of rotatable bonds is 4. The summed E-state index contributed by atoms with van der Waals surface area (Å²) in [6, 6.07) is 6.90. The number of hydrogen-bond donors (Lipinski definition) is 2. The first-order valence-corrected chi connectivity index (χ1v) is 7.96. The van der Waals surface area contributed by atoms with Crippen molar-refractivity contribution >= 4 is 11.6 Å². The van der Waals surface area contributed by atoms with E-state index in [1.165, 1.54) is 49.7 Å². The molecule has 20 heavy (non-hydrogen) atoms. The molecule has 3 rings (SSSR count). The molecule has 2 N–H and O–H groups in total. The van der Waals surface area contributed by atoms with Crippen LogP contribution < -0.4 is 10.6 Å². The lowest BCUT2D eigenvalue weighted by molar-refractivity contribution is -0.120. The van der Waals surface area contributed by atoms with Crippen LogP contribution in [0.1, 0.15) is 49.7 Å². The van der Waals surface area contributed by atoms with Gasteiger partial charge in [0, 0.05) is 11.7 Å². The Balaban J connectivity index is 1.47. The van der Waals surface area contributed by atoms with E-state index in [2.05, 4.69) is 28.8 Å². The molecule has 2 aliphatic carbocycles. The molecule has 2 aliphatic rings. The zero-order chi connectivity index (χ0) is 13.8. The number of hydrogen-bond acceptors (Lipinski definition) is 2. The van der Waals surface area contributed by atoms with Crippen LogP contribution in [0.3, 0.4) is 0 Å². The Labute approximate surface area is 121 Å². The van der Waals surface area contributed by atoms with E-state index in [0.29, 0.717) is 12.6 Å². The predicted molar refractivity (Wildman–Crippen MR) is 82.0 cm³/mol. The van der Waals surface area contributed by atoms with Crippen LogP contribution in [0, 0.1) is 0 Å². The Morgan fingerprint density at radius 1 is 1.05 bits per heavy atom. The molecule has 0 heterocycles. The van der Waals surface area contributed by atoms with Crippen LogP contribution in [0.25, 0.3) is 0 Å². The van der Waals surface area contributed by atoms with Crippen LogP contribution >= 0.6 is 0 Å². The van der Waals surface area contributed by atoms with Crippen LogP contribution in [-0.2, 0) is 17.6 Å². The highest BCUT2D eigenvalue weighted by molar-refractivity contribution is 5.81. The van der Waals surface area contributed by atoms with Crippen molar-refractivity contribution in [3.63, 3.8) is 0 Å². The number of nitrogens with one attached hydrogen (secondary N) is 2. The molecular formula is C17H24N2O. The standard InChI is InChI=1S/C17H24N2O/c20-17(19-15-7-2-1-3-8-15)12-18-16-10-9-13-5-4-6-14(13)11-16/h9-11,15,18H,1-8,12H2,(H,19,20). The van der Waals surface area contributed by atoms with Gasteiger partial charge in [-0.3, -0.25) is 4.79 Å². The minimum Gasteiger partial charge on any atom is -0.376 e. The Kier molecular flexibility index (Phi) is 4.24. The first kappa shape index (κ1) is 13.5. The molecule has 108 valence electrons. The largest absolute Gasteiger partial charge is 0.376 e. The second-order valence-electron chi connectivity index (χ2n) is 6.09. The lowest BCUT2D eigenvalue weighted by Gasteiger charge is -2.22. The van der Waals surface area contributed by atoms with Crippen molar-refractivity contribution in [1.82, 2.24) is 5.32 Å². The monoisotopic (exact) mass is 272 g/mol. The van der Waals surface area contributed by atoms with Crippen molar-refractivity contribution in [2.75, 3.05) is 11.9 Å². The summed E-state index contributed by atoms with van der Waals surface area (Å²) < 4.78 is 0. The van der Waals surface area contributed by atoms with Gasteiger partial charge in [0.2, 0.25) is 5.91 Å². The lowest BCUT2D eigenvalue weighted by atomic mass is 9.95. The molecule has 0 bridgehead atoms. The predicted octanol–water partition coefficient (Wildman–Crippen LogP) is 3.04. The highest BCUT2D eigenvalue weighted by Crippen LogP contribution is 2.24. The van der Waals surface area contributed by atoms with Crippen molar-refractivity contribution in [2.45, 2.75) is 57.4 Å². The smallest absolute Gasteiger partial charge is 0.239 e. The molecule has 0 atom stereocenters. The number of aryl methyl sites for hydroxylation is 2. The van der Waals surface area contributed by atoms with Gasteiger partial charge in [0.15, 0.2) is 0 Å². The summed E-state index contributed by atoms with van der Waals surface area (Å²) >= 11 is 0. The number of carbonyl (C=O) groups excluding carboxylic acids is 1. The molecule has 0 aromatic heterocycles. The highest BCUT2D eigenvalue weighted by Gasteiger charge is 2.15. The first-order chi connectivity index (χ1) is 9.81. The van der Waals surface area contributed by atoms with Gasteiger partial charge in [0.25, 0.3) is 0 Å². The van der Waals surface area contributed by atoms with Gasteiger partial charge in [0.05, 0.1) is 6.54 Å². The SMILES string of the molecule is O=C(CNc1ccc2c(c1)CCC2)NC1CCCCC1. The molecule has 1 aromatic rings. The number of amides is 1. The number of fused-ring (bicyclic) bond motifs is 1. The Bertz CT molecular complexity index is 478. The highest BCUT2D eigenvalue weighted by atomic mass is 16.1. The third kappa shape index (κ3) is 3.33. The molecule has 3 heteroatoms. The van der Waals surface area contributed by atoms with Crippen LogP contribution in [0.4, 0.5) is 5.69 Å². The van der Waals surface area contributed by atoms with E-state index in [4.69, 9.17) is 0 Å². The molecule has 0 saturated heterocycles. The second-order valence-corrected chi connectivity index (χ2v) is 6.09. The maximum Gasteiger partial charge on any atom is 0.239 e. The van der Waals surface area contributed by atoms with Crippen LogP contribution in [0.2, 0.25) is 0 Å². The third-order valence-electron chi connectivity index (χ3n) is 4.52. The molecule has 0 spiro atoms. The maximum atomic E-state index is 11.9. The summed E-state index contributed by atoms with van der Waals surface area (Å²) in [7, 11) is 0. The number of benzene rings is 1. The number of carbonyl (C=O) groups is 1. The fourth-order valence-electron chi connectivity index (χ4n) is 3.39. The topological polar surface area (TPSA) is 41.1 Å². The van der Waals surface area contributed by atoms with Gasteiger partial charge in [-0.25, -0.2) is 0 Å². The average molecular weight is 272 g/mol. The minimum atomic E-state index is 0.123. The van der Waals surface area contributed by atoms with E-state index in [9.17, 15) is 4.79 Å². The minimum absolute atomic E-state index is 0.123.